The first kappa shape index (κ1) is 12.2. The molecule has 96 valence electrons. The maximum absolute atomic E-state index is 11.4. The first-order chi connectivity index (χ1) is 7.94. The molecule has 0 aromatic carbocycles. The summed E-state index contributed by atoms with van der Waals surface area (Å²) in [6.45, 7) is 5.78. The lowest BCUT2D eigenvalue weighted by Crippen LogP contribution is -2.32. The van der Waals surface area contributed by atoms with Crippen LogP contribution in [0, 0.1) is 0 Å². The van der Waals surface area contributed by atoms with Crippen molar-refractivity contribution in [1.82, 2.24) is 0 Å². The fourth-order valence-electron chi connectivity index (χ4n) is 1.85. The summed E-state index contributed by atoms with van der Waals surface area (Å²) < 4.78 is 20.9. The molecule has 1 fully saturated rings. The van der Waals surface area contributed by atoms with Crippen molar-refractivity contribution in [3.63, 3.8) is 0 Å². The maximum atomic E-state index is 11.4. The molecule has 0 radical (unpaired) electrons. The van der Waals surface area contributed by atoms with Gasteiger partial charge in [-0.05, 0) is 20.8 Å². The van der Waals surface area contributed by atoms with Crippen LogP contribution in [0.3, 0.4) is 0 Å². The van der Waals surface area contributed by atoms with E-state index in [4.69, 9.17) is 18.9 Å². The number of hydrogen-bond donors (Lipinski definition) is 1. The number of ether oxygens (including phenoxy) is 4. The Bertz CT molecular complexity index is 359. The zero-order chi connectivity index (χ0) is 12.6. The molecule has 17 heavy (non-hydrogen) atoms. The third kappa shape index (κ3) is 2.23. The van der Waals surface area contributed by atoms with E-state index >= 15 is 0 Å². The number of aliphatic hydroxyl groups is 1. The summed E-state index contributed by atoms with van der Waals surface area (Å²) in [6.07, 6.45) is -1.35. The highest BCUT2D eigenvalue weighted by molar-refractivity contribution is 5.89. The van der Waals surface area contributed by atoms with Crippen molar-refractivity contribution in [3.05, 3.63) is 11.5 Å². The Morgan fingerprint density at radius 2 is 2.24 bits per heavy atom. The third-order valence-electron chi connectivity index (χ3n) is 2.58. The predicted octanol–water partition coefficient (Wildman–Crippen LogP) is 0.869. The Morgan fingerprint density at radius 3 is 2.76 bits per heavy atom. The lowest BCUT2D eigenvalue weighted by atomic mass is 10.2. The molecule has 0 amide bonds. The van der Waals surface area contributed by atoms with Gasteiger partial charge < -0.3 is 24.1 Å². The first-order valence-corrected chi connectivity index (χ1v) is 5.53. The van der Waals surface area contributed by atoms with Crippen LogP contribution < -0.4 is 0 Å². The van der Waals surface area contributed by atoms with Crippen LogP contribution in [0.2, 0.25) is 0 Å². The van der Waals surface area contributed by atoms with Crippen LogP contribution in [0.1, 0.15) is 20.8 Å². The molecule has 2 aliphatic heterocycles. The normalized spacial score (nSPS) is 31.8. The van der Waals surface area contributed by atoms with Gasteiger partial charge >= 0.3 is 5.97 Å². The van der Waals surface area contributed by atoms with Crippen molar-refractivity contribution in [2.24, 2.45) is 0 Å². The second-order valence-corrected chi connectivity index (χ2v) is 4.34. The Labute approximate surface area is 99.1 Å². The number of aliphatic hydroxyl groups excluding tert-OH is 1. The molecule has 6 heteroatoms. The van der Waals surface area contributed by atoms with Gasteiger partial charge in [0.15, 0.2) is 17.7 Å². The fourth-order valence-corrected chi connectivity index (χ4v) is 1.85. The van der Waals surface area contributed by atoms with Crippen LogP contribution in [-0.4, -0.2) is 42.3 Å². The lowest BCUT2D eigenvalue weighted by Gasteiger charge is -2.19. The van der Waals surface area contributed by atoms with Gasteiger partial charge in [0.25, 0.3) is 0 Å². The highest BCUT2D eigenvalue weighted by Gasteiger charge is 2.47. The van der Waals surface area contributed by atoms with Crippen molar-refractivity contribution >= 4 is 5.97 Å². The van der Waals surface area contributed by atoms with E-state index < -0.39 is 24.0 Å². The summed E-state index contributed by atoms with van der Waals surface area (Å²) in [5.41, 5.74) is 0. The van der Waals surface area contributed by atoms with Gasteiger partial charge in [0.05, 0.1) is 13.2 Å². The molecule has 0 bridgehead atoms. The van der Waals surface area contributed by atoms with Crippen LogP contribution in [0.15, 0.2) is 11.5 Å². The Balaban J connectivity index is 2.12. The standard InChI is InChI=1S/C11H16O6/c1-4-14-9-7(12)8(16-10(9)13)6-5-15-11(2,3)17-6/h6,8,12H,4-5H2,1-3H3/t6-,8+/m0/s1. The predicted molar refractivity (Wildman–Crippen MR) is 56.1 cm³/mol. The van der Waals surface area contributed by atoms with E-state index in [0.29, 0.717) is 0 Å². The smallest absolute Gasteiger partial charge is 0.378 e. The number of carbonyl (C=O) groups excluding carboxylic acids is 1. The number of hydrogen-bond acceptors (Lipinski definition) is 6. The van der Waals surface area contributed by atoms with Gasteiger partial charge in [-0.3, -0.25) is 0 Å². The SMILES string of the molecule is CCOC1=C(O)[C@@H]([C@@H]2COC(C)(C)O2)OC1=O. The summed E-state index contributed by atoms with van der Waals surface area (Å²) in [6, 6.07) is 0. The highest BCUT2D eigenvalue weighted by atomic mass is 16.8. The van der Waals surface area contributed by atoms with E-state index in [2.05, 4.69) is 0 Å². The van der Waals surface area contributed by atoms with Crippen LogP contribution in [0.4, 0.5) is 0 Å². The Morgan fingerprint density at radius 1 is 1.53 bits per heavy atom. The maximum Gasteiger partial charge on any atom is 0.378 e. The topological polar surface area (TPSA) is 74.2 Å². The molecule has 0 aromatic heterocycles. The molecule has 0 spiro atoms. The second kappa shape index (κ2) is 4.19. The van der Waals surface area contributed by atoms with E-state index in [0.717, 1.165) is 0 Å². The van der Waals surface area contributed by atoms with E-state index in [1.807, 2.05) is 0 Å². The van der Waals surface area contributed by atoms with E-state index in [1.54, 1.807) is 20.8 Å². The highest BCUT2D eigenvalue weighted by Crippen LogP contribution is 2.32. The minimum absolute atomic E-state index is 0.134. The van der Waals surface area contributed by atoms with Gasteiger partial charge in [0.1, 0.15) is 6.10 Å². The minimum atomic E-state index is -0.842. The molecular weight excluding hydrogens is 228 g/mol. The molecule has 1 N–H and O–H groups in total. The van der Waals surface area contributed by atoms with Crippen molar-refractivity contribution in [2.75, 3.05) is 13.2 Å². The quantitative estimate of drug-likeness (QED) is 0.742. The van der Waals surface area contributed by atoms with Crippen LogP contribution in [0.5, 0.6) is 0 Å². The molecule has 0 aromatic rings. The molecule has 6 nitrogen and oxygen atoms in total. The van der Waals surface area contributed by atoms with E-state index in [9.17, 15) is 9.90 Å². The second-order valence-electron chi connectivity index (χ2n) is 4.34. The molecule has 2 heterocycles. The lowest BCUT2D eigenvalue weighted by molar-refractivity contribution is -0.163. The fraction of sp³-hybridized carbons (Fsp3) is 0.727. The monoisotopic (exact) mass is 244 g/mol. The number of rotatable bonds is 3. The molecule has 2 rings (SSSR count). The molecule has 2 aliphatic rings. The molecule has 0 unspecified atom stereocenters. The molecular formula is C11H16O6. The van der Waals surface area contributed by atoms with Crippen LogP contribution in [-0.2, 0) is 23.7 Å². The molecule has 2 atom stereocenters. The van der Waals surface area contributed by atoms with Crippen molar-refractivity contribution in [1.29, 1.82) is 0 Å². The van der Waals surface area contributed by atoms with Crippen molar-refractivity contribution in [3.8, 4) is 0 Å². The van der Waals surface area contributed by atoms with Gasteiger partial charge in [-0.1, -0.05) is 0 Å². The van der Waals surface area contributed by atoms with Gasteiger partial charge in [-0.2, -0.15) is 0 Å². The molecule has 0 saturated carbocycles. The van der Waals surface area contributed by atoms with Gasteiger partial charge in [0.2, 0.25) is 5.76 Å². The average Bonchev–Trinajstić information content (AvgIpc) is 2.73. The number of carbonyl (C=O) groups is 1. The third-order valence-corrected chi connectivity index (χ3v) is 2.58. The zero-order valence-corrected chi connectivity index (χ0v) is 10.1. The number of cyclic esters (lactones) is 1. The summed E-state index contributed by atoms with van der Waals surface area (Å²) in [5, 5.41) is 9.85. The van der Waals surface area contributed by atoms with E-state index in [1.165, 1.54) is 0 Å². The molecule has 1 saturated heterocycles. The Hall–Kier alpha value is -1.27. The summed E-state index contributed by atoms with van der Waals surface area (Å²) in [4.78, 5) is 11.4. The Kier molecular flexibility index (Phi) is 3.01. The van der Waals surface area contributed by atoms with Crippen LogP contribution in [0.25, 0.3) is 0 Å². The summed E-state index contributed by atoms with van der Waals surface area (Å²) >= 11 is 0. The van der Waals surface area contributed by atoms with E-state index in [-0.39, 0.29) is 24.7 Å². The average molecular weight is 244 g/mol. The molecule has 0 aliphatic carbocycles. The van der Waals surface area contributed by atoms with Crippen LogP contribution >= 0.6 is 0 Å². The first-order valence-electron chi connectivity index (χ1n) is 5.53. The largest absolute Gasteiger partial charge is 0.505 e. The van der Waals surface area contributed by atoms with Gasteiger partial charge in [0, 0.05) is 0 Å². The van der Waals surface area contributed by atoms with Crippen molar-refractivity contribution in [2.45, 2.75) is 38.8 Å². The van der Waals surface area contributed by atoms with Crippen molar-refractivity contribution < 1.29 is 28.8 Å². The zero-order valence-electron chi connectivity index (χ0n) is 10.1. The number of esters is 1. The summed E-state index contributed by atoms with van der Waals surface area (Å²) in [7, 11) is 0. The van der Waals surface area contributed by atoms with Gasteiger partial charge in [-0.25, -0.2) is 4.79 Å². The summed E-state index contributed by atoms with van der Waals surface area (Å²) in [5.74, 6) is -1.75. The minimum Gasteiger partial charge on any atom is -0.505 e. The van der Waals surface area contributed by atoms with Gasteiger partial charge in [-0.15, -0.1) is 0 Å².